The van der Waals surface area contributed by atoms with Gasteiger partial charge in [-0.2, -0.15) is 0 Å². The first-order valence-electron chi connectivity index (χ1n) is 5.71. The molecule has 6 nitrogen and oxygen atoms in total. The van der Waals surface area contributed by atoms with Crippen molar-refractivity contribution in [2.45, 2.75) is 0 Å². The maximum Gasteiger partial charge on any atom is 0.249 e. The Morgan fingerprint density at radius 2 is 1.78 bits per heavy atom. The summed E-state index contributed by atoms with van der Waals surface area (Å²) < 4.78 is 0. The zero-order valence-electron chi connectivity index (χ0n) is 9.83. The number of anilines is 1. The highest BCUT2D eigenvalue weighted by Crippen LogP contribution is 2.15. The maximum atomic E-state index is 11.2. The van der Waals surface area contributed by atoms with Crippen LogP contribution in [-0.2, 0) is 0 Å². The molecule has 18 heavy (non-hydrogen) atoms. The Hall–Kier alpha value is -1.92. The van der Waals surface area contributed by atoms with Gasteiger partial charge in [0.25, 0.3) is 0 Å². The summed E-state index contributed by atoms with van der Waals surface area (Å²) in [6.45, 7) is 0.725. The number of aliphatic hydroxyl groups is 2. The molecule has 0 bridgehead atoms. The van der Waals surface area contributed by atoms with Gasteiger partial charge in [-0.1, -0.05) is 0 Å². The van der Waals surface area contributed by atoms with E-state index in [2.05, 4.69) is 9.97 Å². The molecular formula is C12H15N3O3. The monoisotopic (exact) mass is 249 g/mol. The molecule has 0 saturated carbocycles. The zero-order valence-corrected chi connectivity index (χ0v) is 9.83. The van der Waals surface area contributed by atoms with E-state index < -0.39 is 0 Å². The summed E-state index contributed by atoms with van der Waals surface area (Å²) in [4.78, 5) is 20.0. The van der Waals surface area contributed by atoms with Crippen LogP contribution in [0.3, 0.4) is 0 Å². The zero-order chi connectivity index (χ0) is 13.0. The van der Waals surface area contributed by atoms with Gasteiger partial charge in [0.05, 0.1) is 13.2 Å². The summed E-state index contributed by atoms with van der Waals surface area (Å²) in [5, 5.41) is 18.8. The van der Waals surface area contributed by atoms with Gasteiger partial charge < -0.3 is 20.1 Å². The molecule has 2 rings (SSSR count). The van der Waals surface area contributed by atoms with E-state index in [-0.39, 0.29) is 18.8 Å². The number of hydrogen-bond acceptors (Lipinski definition) is 5. The van der Waals surface area contributed by atoms with E-state index in [9.17, 15) is 4.79 Å². The van der Waals surface area contributed by atoms with Crippen molar-refractivity contribution in [2.75, 3.05) is 31.2 Å². The van der Waals surface area contributed by atoms with Crippen LogP contribution in [0.4, 0.5) is 5.82 Å². The molecule has 0 radical (unpaired) electrons. The molecule has 0 spiro atoms. The predicted molar refractivity (Wildman–Crippen MR) is 68.7 cm³/mol. The molecular weight excluding hydrogens is 234 g/mol. The summed E-state index contributed by atoms with van der Waals surface area (Å²) in [6.07, 6.45) is 0. The SMILES string of the molecule is O=c1ccc2ccc(N(CCO)CCO)nc2[nH]1. The van der Waals surface area contributed by atoms with Gasteiger partial charge in [0.15, 0.2) is 0 Å². The fourth-order valence-corrected chi connectivity index (χ4v) is 1.78. The van der Waals surface area contributed by atoms with Crippen LogP contribution in [0.25, 0.3) is 11.0 Å². The lowest BCUT2D eigenvalue weighted by Crippen LogP contribution is -2.30. The molecule has 0 atom stereocenters. The van der Waals surface area contributed by atoms with Crippen molar-refractivity contribution in [3.63, 3.8) is 0 Å². The van der Waals surface area contributed by atoms with Crippen molar-refractivity contribution in [3.8, 4) is 0 Å². The molecule has 0 aliphatic heterocycles. The molecule has 0 aliphatic rings. The number of H-pyrrole nitrogens is 1. The number of rotatable bonds is 5. The van der Waals surface area contributed by atoms with Gasteiger partial charge in [-0.15, -0.1) is 0 Å². The maximum absolute atomic E-state index is 11.2. The van der Waals surface area contributed by atoms with Gasteiger partial charge in [-0.25, -0.2) is 4.98 Å². The number of aliphatic hydroxyl groups excluding tert-OH is 2. The summed E-state index contributed by atoms with van der Waals surface area (Å²) >= 11 is 0. The lowest BCUT2D eigenvalue weighted by Gasteiger charge is -2.21. The largest absolute Gasteiger partial charge is 0.395 e. The average Bonchev–Trinajstić information content (AvgIpc) is 2.37. The molecule has 2 heterocycles. The Kier molecular flexibility index (Phi) is 3.91. The summed E-state index contributed by atoms with van der Waals surface area (Å²) in [5.74, 6) is 0.618. The van der Waals surface area contributed by atoms with E-state index in [0.29, 0.717) is 24.6 Å². The van der Waals surface area contributed by atoms with Gasteiger partial charge in [0.2, 0.25) is 5.56 Å². The molecule has 0 fully saturated rings. The first kappa shape index (κ1) is 12.5. The van der Waals surface area contributed by atoms with Crippen LogP contribution in [0.5, 0.6) is 0 Å². The van der Waals surface area contributed by atoms with E-state index in [0.717, 1.165) is 5.39 Å². The molecule has 0 saturated heterocycles. The second kappa shape index (κ2) is 5.61. The van der Waals surface area contributed by atoms with Crippen molar-refractivity contribution in [1.82, 2.24) is 9.97 Å². The topological polar surface area (TPSA) is 89.5 Å². The van der Waals surface area contributed by atoms with Crippen LogP contribution in [0.1, 0.15) is 0 Å². The van der Waals surface area contributed by atoms with E-state index in [1.807, 2.05) is 6.07 Å². The lowest BCUT2D eigenvalue weighted by molar-refractivity contribution is 0.280. The molecule has 6 heteroatoms. The molecule has 2 aromatic rings. The van der Waals surface area contributed by atoms with Crippen LogP contribution < -0.4 is 10.5 Å². The molecule has 0 aromatic carbocycles. The number of aromatic amines is 1. The minimum atomic E-state index is -0.206. The van der Waals surface area contributed by atoms with Crippen molar-refractivity contribution in [1.29, 1.82) is 0 Å². The number of fused-ring (bicyclic) bond motifs is 1. The van der Waals surface area contributed by atoms with Gasteiger partial charge in [0, 0.05) is 24.5 Å². The molecule has 2 aromatic heterocycles. The fourth-order valence-electron chi connectivity index (χ4n) is 1.78. The van der Waals surface area contributed by atoms with Crippen molar-refractivity contribution < 1.29 is 10.2 Å². The van der Waals surface area contributed by atoms with Crippen LogP contribution >= 0.6 is 0 Å². The molecule has 0 unspecified atom stereocenters. The molecule has 96 valence electrons. The van der Waals surface area contributed by atoms with Crippen LogP contribution in [0, 0.1) is 0 Å². The first-order chi connectivity index (χ1) is 8.74. The standard InChI is InChI=1S/C12H15N3O3/c16-7-5-15(6-8-17)10-3-1-9-2-4-11(18)14-12(9)13-10/h1-4,16-17H,5-8H2,(H,13,14,18). The van der Waals surface area contributed by atoms with Crippen molar-refractivity contribution >= 4 is 16.9 Å². The smallest absolute Gasteiger partial charge is 0.249 e. The summed E-state index contributed by atoms with van der Waals surface area (Å²) in [7, 11) is 0. The molecule has 0 amide bonds. The second-order valence-electron chi connectivity index (χ2n) is 3.86. The van der Waals surface area contributed by atoms with Gasteiger partial charge >= 0.3 is 0 Å². The van der Waals surface area contributed by atoms with E-state index in [1.54, 1.807) is 17.0 Å². The van der Waals surface area contributed by atoms with Crippen LogP contribution in [-0.4, -0.2) is 46.5 Å². The highest BCUT2D eigenvalue weighted by molar-refractivity contribution is 5.76. The van der Waals surface area contributed by atoms with Gasteiger partial charge in [0.1, 0.15) is 11.5 Å². The number of nitrogens with one attached hydrogen (secondary N) is 1. The second-order valence-corrected chi connectivity index (χ2v) is 3.86. The normalized spacial score (nSPS) is 10.8. The summed E-state index contributed by atoms with van der Waals surface area (Å²) in [6, 6.07) is 6.79. The quantitative estimate of drug-likeness (QED) is 0.678. The number of nitrogens with zero attached hydrogens (tertiary/aromatic N) is 2. The average molecular weight is 249 g/mol. The Morgan fingerprint density at radius 3 is 2.44 bits per heavy atom. The minimum absolute atomic E-state index is 0.0228. The van der Waals surface area contributed by atoms with Gasteiger partial charge in [-0.3, -0.25) is 4.79 Å². The fraction of sp³-hybridized carbons (Fsp3) is 0.333. The predicted octanol–water partition coefficient (Wildman–Crippen LogP) is -0.286. The van der Waals surface area contributed by atoms with E-state index >= 15 is 0 Å². The van der Waals surface area contributed by atoms with E-state index in [1.165, 1.54) is 6.07 Å². The number of pyridine rings is 2. The van der Waals surface area contributed by atoms with Crippen LogP contribution in [0.15, 0.2) is 29.1 Å². The highest BCUT2D eigenvalue weighted by Gasteiger charge is 2.07. The number of hydrogen-bond donors (Lipinski definition) is 3. The van der Waals surface area contributed by atoms with Crippen molar-refractivity contribution in [2.24, 2.45) is 0 Å². The molecule has 3 N–H and O–H groups in total. The van der Waals surface area contributed by atoms with Crippen molar-refractivity contribution in [3.05, 3.63) is 34.6 Å². The Labute approximate surface area is 104 Å². The summed E-state index contributed by atoms with van der Waals surface area (Å²) in [5.41, 5.74) is 0.295. The van der Waals surface area contributed by atoms with E-state index in [4.69, 9.17) is 10.2 Å². The Balaban J connectivity index is 2.40. The minimum Gasteiger partial charge on any atom is -0.395 e. The Bertz CT molecular complexity index is 576. The first-order valence-corrected chi connectivity index (χ1v) is 5.71. The lowest BCUT2D eigenvalue weighted by atomic mass is 10.3. The number of aromatic nitrogens is 2. The highest BCUT2D eigenvalue weighted by atomic mass is 16.3. The van der Waals surface area contributed by atoms with Crippen LogP contribution in [0.2, 0.25) is 0 Å². The molecule has 0 aliphatic carbocycles. The Morgan fingerprint density at radius 1 is 1.11 bits per heavy atom. The third-order valence-electron chi connectivity index (χ3n) is 2.63. The third kappa shape index (κ3) is 2.66. The third-order valence-corrected chi connectivity index (χ3v) is 2.63. The van der Waals surface area contributed by atoms with Gasteiger partial charge in [-0.05, 0) is 18.2 Å².